The number of phenolic OH excluding ortho intramolecular Hbond substituents is 2. The van der Waals surface area contributed by atoms with Crippen LogP contribution in [-0.4, -0.2) is 42.0 Å². The Balaban J connectivity index is 2.59. The van der Waals surface area contributed by atoms with E-state index in [1.54, 1.807) is 6.07 Å². The number of hydrogen-bond donors (Lipinski definition) is 2. The highest BCUT2D eigenvalue weighted by Crippen LogP contribution is 2.29. The molecule has 138 valence electrons. The molecule has 0 unspecified atom stereocenters. The first-order chi connectivity index (χ1) is 10.8. The smallest absolute Gasteiger partial charge is 0.314 e. The third-order valence-corrected chi connectivity index (χ3v) is 12.7. The van der Waals surface area contributed by atoms with E-state index in [4.69, 9.17) is 13.0 Å². The Morgan fingerprint density at radius 2 is 1.38 bits per heavy atom. The minimum atomic E-state index is -2.22. The topological polar surface area (TPSA) is 68.2 Å². The highest BCUT2D eigenvalue weighted by Gasteiger charge is 2.39. The Labute approximate surface area is 149 Å². The van der Waals surface area contributed by atoms with E-state index < -0.39 is 25.2 Å². The van der Waals surface area contributed by atoms with Gasteiger partial charge in [-0.2, -0.15) is 0 Å². The molecule has 5 nitrogen and oxygen atoms in total. The van der Waals surface area contributed by atoms with Crippen LogP contribution in [0.5, 0.6) is 17.2 Å². The molecular formula is C16H32O5Si3. The first kappa shape index (κ1) is 21.2. The van der Waals surface area contributed by atoms with Crippen molar-refractivity contribution in [2.75, 3.05) is 6.61 Å². The predicted octanol–water partition coefficient (Wildman–Crippen LogP) is 4.64. The van der Waals surface area contributed by atoms with Gasteiger partial charge in [-0.3, -0.25) is 0 Å². The van der Waals surface area contributed by atoms with Crippen molar-refractivity contribution in [1.82, 2.24) is 0 Å². The molecule has 1 aromatic rings. The fourth-order valence-corrected chi connectivity index (χ4v) is 15.1. The van der Waals surface area contributed by atoms with E-state index in [0.29, 0.717) is 12.4 Å². The van der Waals surface area contributed by atoms with Crippen LogP contribution in [0.25, 0.3) is 0 Å². The predicted molar refractivity (Wildman–Crippen MR) is 105 cm³/mol. The van der Waals surface area contributed by atoms with Gasteiger partial charge in [0.05, 0.1) is 6.61 Å². The van der Waals surface area contributed by atoms with Gasteiger partial charge in [0.15, 0.2) is 28.1 Å². The van der Waals surface area contributed by atoms with E-state index in [0.717, 1.165) is 12.5 Å². The van der Waals surface area contributed by atoms with Crippen molar-refractivity contribution in [3.8, 4) is 17.2 Å². The summed E-state index contributed by atoms with van der Waals surface area (Å²) in [6, 6.07) is 5.36. The lowest BCUT2D eigenvalue weighted by Crippen LogP contribution is -2.52. The molecule has 0 aliphatic rings. The molecule has 1 aromatic carbocycles. The lowest BCUT2D eigenvalue weighted by atomic mass is 10.3. The second-order valence-electron chi connectivity index (χ2n) is 8.17. The summed E-state index contributed by atoms with van der Waals surface area (Å²) in [6.45, 7) is 15.9. The Morgan fingerprint density at radius 3 is 1.83 bits per heavy atom. The van der Waals surface area contributed by atoms with Crippen LogP contribution >= 0.6 is 0 Å². The molecule has 2 N–H and O–H groups in total. The van der Waals surface area contributed by atoms with Gasteiger partial charge in [0, 0.05) is 6.07 Å². The number of ether oxygens (including phenoxy) is 1. The molecular weight excluding hydrogens is 356 g/mol. The molecule has 0 aromatic heterocycles. The highest BCUT2D eigenvalue weighted by atomic mass is 28.5. The third kappa shape index (κ3) is 8.34. The highest BCUT2D eigenvalue weighted by molar-refractivity contribution is 6.87. The molecule has 1 rings (SSSR count). The summed E-state index contributed by atoms with van der Waals surface area (Å²) in [5.41, 5.74) is 0. The third-order valence-electron chi connectivity index (χ3n) is 3.04. The number of rotatable bonds is 9. The molecule has 0 saturated heterocycles. The van der Waals surface area contributed by atoms with E-state index in [1.165, 1.54) is 12.1 Å². The van der Waals surface area contributed by atoms with Crippen molar-refractivity contribution in [3.63, 3.8) is 0 Å². The monoisotopic (exact) mass is 388 g/mol. The maximum atomic E-state index is 9.49. The lowest BCUT2D eigenvalue weighted by Gasteiger charge is -2.38. The van der Waals surface area contributed by atoms with Gasteiger partial charge in [-0.25, -0.2) is 0 Å². The van der Waals surface area contributed by atoms with Gasteiger partial charge in [0.2, 0.25) is 0 Å². The molecule has 0 aliphatic heterocycles. The number of phenols is 2. The van der Waals surface area contributed by atoms with Gasteiger partial charge >= 0.3 is 8.56 Å². The molecule has 0 heterocycles. The number of aromatic hydroxyl groups is 2. The average molecular weight is 389 g/mol. The maximum absolute atomic E-state index is 9.49. The molecule has 24 heavy (non-hydrogen) atoms. The number of benzene rings is 1. The van der Waals surface area contributed by atoms with Crippen LogP contribution in [0.2, 0.25) is 51.9 Å². The summed E-state index contributed by atoms with van der Waals surface area (Å²) in [6.07, 6.45) is 0.833. The molecule has 0 saturated carbocycles. The largest absolute Gasteiger partial charge is 0.504 e. The summed E-state index contributed by atoms with van der Waals surface area (Å²) in [5.74, 6) is 0.233. The van der Waals surface area contributed by atoms with Crippen molar-refractivity contribution < 1.29 is 23.2 Å². The van der Waals surface area contributed by atoms with Crippen molar-refractivity contribution in [3.05, 3.63) is 18.2 Å². The Hall–Kier alpha value is -0.809. The normalized spacial score (nSPS) is 13.1. The molecule has 0 fully saturated rings. The van der Waals surface area contributed by atoms with E-state index in [2.05, 4.69) is 45.8 Å². The van der Waals surface area contributed by atoms with Gasteiger partial charge in [-0.05, 0) is 70.4 Å². The second-order valence-corrected chi connectivity index (χ2v) is 21.0. The SMILES string of the molecule is C[Si](C)(C)O[Si](C)(CCCOc1ccc(O)c(O)c1)O[Si](C)(C)C. The van der Waals surface area contributed by atoms with Gasteiger partial charge < -0.3 is 23.2 Å². The first-order valence-electron chi connectivity index (χ1n) is 8.35. The van der Waals surface area contributed by atoms with E-state index in [1.807, 2.05) is 0 Å². The van der Waals surface area contributed by atoms with E-state index >= 15 is 0 Å². The van der Waals surface area contributed by atoms with Crippen molar-refractivity contribution in [2.45, 2.75) is 58.3 Å². The van der Waals surface area contributed by atoms with Gasteiger partial charge in [0.25, 0.3) is 0 Å². The average Bonchev–Trinajstić information content (AvgIpc) is 2.34. The van der Waals surface area contributed by atoms with Crippen molar-refractivity contribution in [1.29, 1.82) is 0 Å². The molecule has 0 atom stereocenters. The van der Waals surface area contributed by atoms with Crippen LogP contribution in [0.4, 0.5) is 0 Å². The first-order valence-corrected chi connectivity index (χ1v) is 17.7. The summed E-state index contributed by atoms with van der Waals surface area (Å²) in [5, 5.41) is 18.8. The van der Waals surface area contributed by atoms with Gasteiger partial charge in [-0.15, -0.1) is 0 Å². The molecule has 0 spiro atoms. The van der Waals surface area contributed by atoms with E-state index in [9.17, 15) is 10.2 Å². The lowest BCUT2D eigenvalue weighted by molar-refractivity contribution is 0.303. The number of hydrogen-bond acceptors (Lipinski definition) is 5. The maximum Gasteiger partial charge on any atom is 0.314 e. The molecule has 0 aliphatic carbocycles. The van der Waals surface area contributed by atoms with Gasteiger partial charge in [0.1, 0.15) is 5.75 Å². The van der Waals surface area contributed by atoms with Crippen molar-refractivity contribution in [2.24, 2.45) is 0 Å². The molecule has 0 amide bonds. The zero-order valence-corrected chi connectivity index (χ0v) is 19.0. The standard InChI is InChI=1S/C16H32O5Si3/c1-22(2,3)20-24(7,21-23(4,5)6)12-8-11-19-14-9-10-15(17)16(18)13-14/h9-10,13,17-18H,8,11-12H2,1-7H3. The minimum Gasteiger partial charge on any atom is -0.504 e. The van der Waals surface area contributed by atoms with Crippen LogP contribution in [-0.2, 0) is 8.23 Å². The zero-order chi connectivity index (χ0) is 18.6. The van der Waals surface area contributed by atoms with Crippen LogP contribution in [0.15, 0.2) is 18.2 Å². The molecule has 0 bridgehead atoms. The Bertz CT molecular complexity index is 521. The second kappa shape index (κ2) is 8.05. The minimum absolute atomic E-state index is 0.144. The quantitative estimate of drug-likeness (QED) is 0.366. The summed E-state index contributed by atoms with van der Waals surface area (Å²) < 4.78 is 18.6. The fourth-order valence-electron chi connectivity index (χ4n) is 2.59. The van der Waals surface area contributed by atoms with Crippen LogP contribution in [0, 0.1) is 0 Å². The molecule has 8 heteroatoms. The summed E-state index contributed by atoms with van der Waals surface area (Å²) in [7, 11) is -5.57. The van der Waals surface area contributed by atoms with Crippen LogP contribution in [0.1, 0.15) is 6.42 Å². The van der Waals surface area contributed by atoms with Crippen LogP contribution < -0.4 is 4.74 Å². The Morgan fingerprint density at radius 1 is 0.833 bits per heavy atom. The Kier molecular flexibility index (Phi) is 7.12. The zero-order valence-electron chi connectivity index (χ0n) is 16.0. The van der Waals surface area contributed by atoms with Crippen molar-refractivity contribution >= 4 is 25.2 Å². The van der Waals surface area contributed by atoms with Crippen LogP contribution in [0.3, 0.4) is 0 Å². The summed E-state index contributed by atoms with van der Waals surface area (Å²) >= 11 is 0. The summed E-state index contributed by atoms with van der Waals surface area (Å²) in [4.78, 5) is 0. The molecule has 0 radical (unpaired) electrons. The van der Waals surface area contributed by atoms with E-state index in [-0.39, 0.29) is 11.5 Å². The fraction of sp³-hybridized carbons (Fsp3) is 0.625. The van der Waals surface area contributed by atoms with Gasteiger partial charge in [-0.1, -0.05) is 0 Å².